The lowest BCUT2D eigenvalue weighted by Crippen LogP contribution is -2.40. The van der Waals surface area contributed by atoms with Gasteiger partial charge in [-0.25, -0.2) is 14.8 Å². The van der Waals surface area contributed by atoms with Gasteiger partial charge in [0.05, 0.1) is 0 Å². The van der Waals surface area contributed by atoms with Gasteiger partial charge in [0.15, 0.2) is 0 Å². The molecule has 0 radical (unpaired) electrons. The average molecular weight is 477 g/mol. The number of likely N-dealkylation sites (tertiary alicyclic amines) is 1. The highest BCUT2D eigenvalue weighted by molar-refractivity contribution is 6.35. The number of benzene rings is 2. The summed E-state index contributed by atoms with van der Waals surface area (Å²) in [5.74, 6) is -1.35. The summed E-state index contributed by atoms with van der Waals surface area (Å²) in [6.45, 7) is 0.399. The Hall–Kier alpha value is -2.67. The lowest BCUT2D eigenvalue weighted by Gasteiger charge is -2.22. The normalized spacial score (nSPS) is 15.8. The van der Waals surface area contributed by atoms with Gasteiger partial charge in [0.1, 0.15) is 11.2 Å². The number of nitrogens with zero attached hydrogens (tertiary/aromatic N) is 3. The molecule has 31 heavy (non-hydrogen) atoms. The van der Waals surface area contributed by atoms with Gasteiger partial charge in [-0.05, 0) is 53.8 Å². The second-order valence-electron chi connectivity index (χ2n) is 7.08. The predicted octanol–water partition coefficient (Wildman–Crippen LogP) is 5.46. The number of hydrogen-bond donors (Lipinski definition) is 1. The molecule has 1 saturated heterocycles. The van der Waals surface area contributed by atoms with E-state index < -0.39 is 12.0 Å². The van der Waals surface area contributed by atoms with E-state index in [1.165, 1.54) is 11.1 Å². The number of hydrogen-bond acceptors (Lipinski definition) is 4. The molecule has 0 aliphatic carbocycles. The molecule has 158 valence electrons. The van der Waals surface area contributed by atoms with Gasteiger partial charge in [-0.3, -0.25) is 4.79 Å². The first kappa shape index (κ1) is 21.6. The van der Waals surface area contributed by atoms with Crippen molar-refractivity contribution in [3.63, 3.8) is 0 Å². The first-order valence-electron chi connectivity index (χ1n) is 9.48. The molecule has 9 heteroatoms. The average Bonchev–Trinajstić information content (AvgIpc) is 3.24. The minimum atomic E-state index is -1.00. The van der Waals surface area contributed by atoms with Gasteiger partial charge in [0, 0.05) is 34.5 Å². The zero-order chi connectivity index (χ0) is 22.1. The van der Waals surface area contributed by atoms with Gasteiger partial charge in [-0.15, -0.1) is 0 Å². The number of carboxylic acid groups (broad SMARTS) is 1. The lowest BCUT2D eigenvalue weighted by atomic mass is 9.93. The smallest absolute Gasteiger partial charge is 0.326 e. The molecular weight excluding hydrogens is 461 g/mol. The first-order valence-corrected chi connectivity index (χ1v) is 10.6. The van der Waals surface area contributed by atoms with E-state index >= 15 is 0 Å². The summed E-state index contributed by atoms with van der Waals surface area (Å²) in [6, 6.07) is 11.5. The zero-order valence-electron chi connectivity index (χ0n) is 16.1. The topological polar surface area (TPSA) is 83.4 Å². The first-order chi connectivity index (χ1) is 14.9. The fourth-order valence-corrected chi connectivity index (χ4v) is 4.41. The molecule has 2 aromatic carbocycles. The van der Waals surface area contributed by atoms with Gasteiger partial charge in [-0.2, -0.15) is 0 Å². The van der Waals surface area contributed by atoms with Crippen LogP contribution < -0.4 is 0 Å². The second-order valence-corrected chi connectivity index (χ2v) is 8.18. The van der Waals surface area contributed by atoms with Crippen LogP contribution in [0.3, 0.4) is 0 Å². The van der Waals surface area contributed by atoms with Crippen LogP contribution >= 0.6 is 34.8 Å². The highest BCUT2D eigenvalue weighted by Gasteiger charge is 2.34. The van der Waals surface area contributed by atoms with Gasteiger partial charge in [0.25, 0.3) is 5.91 Å². The van der Waals surface area contributed by atoms with Crippen LogP contribution in [-0.2, 0) is 4.79 Å². The molecule has 1 aliphatic rings. The molecule has 1 fully saturated rings. The van der Waals surface area contributed by atoms with E-state index in [1.54, 1.807) is 30.3 Å². The van der Waals surface area contributed by atoms with Crippen LogP contribution in [0.15, 0.2) is 48.7 Å². The minimum Gasteiger partial charge on any atom is -0.480 e. The molecule has 2 heterocycles. The Balaban J connectivity index is 1.86. The van der Waals surface area contributed by atoms with Gasteiger partial charge < -0.3 is 10.0 Å². The molecule has 1 amide bonds. The molecule has 1 aromatic heterocycles. The summed E-state index contributed by atoms with van der Waals surface area (Å²) in [6.07, 6.45) is 2.60. The second kappa shape index (κ2) is 8.83. The summed E-state index contributed by atoms with van der Waals surface area (Å²) < 4.78 is 0. The van der Waals surface area contributed by atoms with E-state index in [4.69, 9.17) is 34.8 Å². The maximum Gasteiger partial charge on any atom is 0.326 e. The third kappa shape index (κ3) is 4.24. The Morgan fingerprint density at radius 3 is 2.48 bits per heavy atom. The Morgan fingerprint density at radius 1 is 1.00 bits per heavy atom. The summed E-state index contributed by atoms with van der Waals surface area (Å²) in [7, 11) is 0. The van der Waals surface area contributed by atoms with Crippen molar-refractivity contribution in [2.24, 2.45) is 0 Å². The molecule has 1 atom stereocenters. The monoisotopic (exact) mass is 475 g/mol. The number of aliphatic carboxylic acids is 1. The van der Waals surface area contributed by atoms with Crippen molar-refractivity contribution >= 4 is 46.7 Å². The molecule has 1 N–H and O–H groups in total. The van der Waals surface area contributed by atoms with Crippen LogP contribution in [0.25, 0.3) is 22.3 Å². The standard InChI is InChI=1S/C22H16Cl3N3O3/c23-17-5-2-1-4-14(17)15-10-12(20(29)28-9-3-6-18(28)21(30)31)7-8-13(15)16-11-26-22(25)27-19(16)24/h1-2,4-5,7-8,10-11,18H,3,6,9H2,(H,30,31). The van der Waals surface area contributed by atoms with E-state index in [9.17, 15) is 14.7 Å². The molecule has 6 nitrogen and oxygen atoms in total. The van der Waals surface area contributed by atoms with E-state index in [2.05, 4.69) is 9.97 Å². The fraction of sp³-hybridized carbons (Fsp3) is 0.182. The number of carbonyl (C=O) groups excluding carboxylic acids is 1. The maximum absolute atomic E-state index is 13.2. The number of rotatable bonds is 4. The Morgan fingerprint density at radius 2 is 1.77 bits per heavy atom. The van der Waals surface area contributed by atoms with Crippen LogP contribution in [-0.4, -0.2) is 44.4 Å². The van der Waals surface area contributed by atoms with Crippen LogP contribution in [0, 0.1) is 0 Å². The highest BCUT2D eigenvalue weighted by Crippen LogP contribution is 2.39. The number of amides is 1. The number of aromatic nitrogens is 2. The van der Waals surface area contributed by atoms with Crippen molar-refractivity contribution in [3.05, 3.63) is 69.7 Å². The summed E-state index contributed by atoms with van der Waals surface area (Å²) >= 11 is 18.6. The predicted molar refractivity (Wildman–Crippen MR) is 120 cm³/mol. The minimum absolute atomic E-state index is 0.0218. The van der Waals surface area contributed by atoms with E-state index in [0.717, 1.165) is 0 Å². The van der Waals surface area contributed by atoms with Crippen LogP contribution in [0.1, 0.15) is 23.2 Å². The number of carbonyl (C=O) groups is 2. The van der Waals surface area contributed by atoms with Crippen molar-refractivity contribution in [1.29, 1.82) is 0 Å². The third-order valence-electron chi connectivity index (χ3n) is 5.23. The van der Waals surface area contributed by atoms with Crippen LogP contribution in [0.4, 0.5) is 0 Å². The van der Waals surface area contributed by atoms with Crippen molar-refractivity contribution in [2.75, 3.05) is 6.54 Å². The van der Waals surface area contributed by atoms with Gasteiger partial charge >= 0.3 is 5.97 Å². The van der Waals surface area contributed by atoms with E-state index in [1.807, 2.05) is 12.1 Å². The molecular formula is C22H16Cl3N3O3. The van der Waals surface area contributed by atoms with Crippen LogP contribution in [0.5, 0.6) is 0 Å². The Bertz CT molecular complexity index is 1190. The number of carboxylic acids is 1. The van der Waals surface area contributed by atoms with Gasteiger partial charge in [0.2, 0.25) is 5.28 Å². The summed E-state index contributed by atoms with van der Waals surface area (Å²) in [4.78, 5) is 34.1. The Kier molecular flexibility index (Phi) is 6.14. The number of halogens is 3. The van der Waals surface area contributed by atoms with Crippen LogP contribution in [0.2, 0.25) is 15.5 Å². The molecule has 1 unspecified atom stereocenters. The highest BCUT2D eigenvalue weighted by atomic mass is 35.5. The maximum atomic E-state index is 13.2. The fourth-order valence-electron chi connectivity index (χ4n) is 3.77. The van der Waals surface area contributed by atoms with Crippen molar-refractivity contribution in [2.45, 2.75) is 18.9 Å². The molecule has 3 aromatic rings. The van der Waals surface area contributed by atoms with Crippen molar-refractivity contribution in [3.8, 4) is 22.3 Å². The van der Waals surface area contributed by atoms with Crippen molar-refractivity contribution < 1.29 is 14.7 Å². The molecule has 0 bridgehead atoms. The Labute approximate surface area is 193 Å². The van der Waals surface area contributed by atoms with E-state index in [-0.39, 0.29) is 16.3 Å². The molecule has 4 rings (SSSR count). The van der Waals surface area contributed by atoms with E-state index in [0.29, 0.717) is 52.2 Å². The zero-order valence-corrected chi connectivity index (χ0v) is 18.3. The largest absolute Gasteiger partial charge is 0.480 e. The summed E-state index contributed by atoms with van der Waals surface area (Å²) in [5, 5.41) is 10.1. The molecule has 0 saturated carbocycles. The third-order valence-corrected chi connectivity index (χ3v) is 6.03. The molecule has 0 spiro atoms. The quantitative estimate of drug-likeness (QED) is 0.399. The van der Waals surface area contributed by atoms with Crippen molar-refractivity contribution in [1.82, 2.24) is 14.9 Å². The SMILES string of the molecule is O=C(O)C1CCCN1C(=O)c1ccc(-c2cnc(Cl)nc2Cl)c(-c2ccccc2Cl)c1. The molecule has 1 aliphatic heterocycles. The summed E-state index contributed by atoms with van der Waals surface area (Å²) in [5.41, 5.74) is 2.90. The lowest BCUT2D eigenvalue weighted by molar-refractivity contribution is -0.141. The van der Waals surface area contributed by atoms with Gasteiger partial charge in [-0.1, -0.05) is 47.5 Å².